The lowest BCUT2D eigenvalue weighted by atomic mass is 10.2. The third-order valence-electron chi connectivity index (χ3n) is 3.22. The van der Waals surface area contributed by atoms with Gasteiger partial charge in [-0.1, -0.05) is 12.8 Å². The molecule has 1 aliphatic heterocycles. The zero-order chi connectivity index (χ0) is 13.5. The van der Waals surface area contributed by atoms with Crippen molar-refractivity contribution in [2.24, 2.45) is 0 Å². The Morgan fingerprint density at radius 2 is 2.16 bits per heavy atom. The molecule has 0 fully saturated rings. The molecular weight excluding hydrogens is 278 g/mol. The van der Waals surface area contributed by atoms with Gasteiger partial charge in [0.15, 0.2) is 0 Å². The lowest BCUT2D eigenvalue weighted by Crippen LogP contribution is -2.23. The lowest BCUT2D eigenvalue weighted by molar-refractivity contribution is 0.0957. The van der Waals surface area contributed by atoms with Crippen LogP contribution in [0.15, 0.2) is 6.07 Å². The molecule has 1 aromatic rings. The summed E-state index contributed by atoms with van der Waals surface area (Å²) in [4.78, 5) is 14.3. The molecule has 0 spiro atoms. The summed E-state index contributed by atoms with van der Waals surface area (Å²) >= 11 is 3.60. The van der Waals surface area contributed by atoms with Crippen LogP contribution >= 0.6 is 23.1 Å². The standard InChI is InChI=1S/C14H21NO2S2/c16-7-4-2-1-3-6-15-14(17)13-9-11-10-18-8-5-12(11)19-13/h9,16H,1-8,10H2,(H,15,17). The van der Waals surface area contributed by atoms with E-state index in [1.807, 2.05) is 11.8 Å². The summed E-state index contributed by atoms with van der Waals surface area (Å²) in [7, 11) is 0. The van der Waals surface area contributed by atoms with E-state index in [0.29, 0.717) is 0 Å². The van der Waals surface area contributed by atoms with E-state index in [4.69, 9.17) is 5.11 Å². The van der Waals surface area contributed by atoms with E-state index in [-0.39, 0.29) is 12.5 Å². The zero-order valence-electron chi connectivity index (χ0n) is 11.1. The van der Waals surface area contributed by atoms with Crippen molar-refractivity contribution in [1.29, 1.82) is 0 Å². The number of hydrogen-bond acceptors (Lipinski definition) is 4. The van der Waals surface area contributed by atoms with Gasteiger partial charge in [-0.05, 0) is 36.6 Å². The Morgan fingerprint density at radius 3 is 2.95 bits per heavy atom. The molecule has 1 aliphatic rings. The molecule has 106 valence electrons. The fraction of sp³-hybridized carbons (Fsp3) is 0.643. The number of rotatable bonds is 7. The Labute approximate surface area is 122 Å². The largest absolute Gasteiger partial charge is 0.396 e. The molecular formula is C14H21NO2S2. The van der Waals surface area contributed by atoms with Crippen molar-refractivity contribution in [3.05, 3.63) is 21.4 Å². The lowest BCUT2D eigenvalue weighted by Gasteiger charge is -2.08. The van der Waals surface area contributed by atoms with Crippen molar-refractivity contribution in [3.63, 3.8) is 0 Å². The molecule has 0 saturated heterocycles. The van der Waals surface area contributed by atoms with Gasteiger partial charge in [-0.25, -0.2) is 0 Å². The summed E-state index contributed by atoms with van der Waals surface area (Å²) in [5, 5.41) is 11.7. The van der Waals surface area contributed by atoms with Crippen LogP contribution in [0, 0.1) is 0 Å². The molecule has 3 nitrogen and oxygen atoms in total. The third kappa shape index (κ3) is 4.51. The quantitative estimate of drug-likeness (QED) is 0.761. The first kappa shape index (κ1) is 14.9. The number of amides is 1. The first-order valence-electron chi connectivity index (χ1n) is 6.89. The van der Waals surface area contributed by atoms with Crippen molar-refractivity contribution in [1.82, 2.24) is 5.32 Å². The van der Waals surface area contributed by atoms with Crippen molar-refractivity contribution in [2.75, 3.05) is 18.9 Å². The van der Waals surface area contributed by atoms with Crippen LogP contribution in [0.25, 0.3) is 0 Å². The van der Waals surface area contributed by atoms with E-state index in [1.54, 1.807) is 11.3 Å². The average Bonchev–Trinajstić information content (AvgIpc) is 2.86. The summed E-state index contributed by atoms with van der Waals surface area (Å²) in [5.74, 6) is 2.31. The second-order valence-corrected chi connectivity index (χ2v) is 7.00. The van der Waals surface area contributed by atoms with Crippen LogP contribution in [-0.2, 0) is 12.2 Å². The van der Waals surface area contributed by atoms with Crippen LogP contribution in [0.3, 0.4) is 0 Å². The molecule has 0 saturated carbocycles. The van der Waals surface area contributed by atoms with Crippen LogP contribution in [0.4, 0.5) is 0 Å². The molecule has 0 aliphatic carbocycles. The Morgan fingerprint density at radius 1 is 1.32 bits per heavy atom. The summed E-state index contributed by atoms with van der Waals surface area (Å²) in [6.07, 6.45) is 5.07. The van der Waals surface area contributed by atoms with Gasteiger partial charge in [-0.2, -0.15) is 11.8 Å². The van der Waals surface area contributed by atoms with Gasteiger partial charge in [0.05, 0.1) is 4.88 Å². The maximum absolute atomic E-state index is 12.0. The number of carbonyl (C=O) groups is 1. The molecule has 19 heavy (non-hydrogen) atoms. The smallest absolute Gasteiger partial charge is 0.261 e. The van der Waals surface area contributed by atoms with Gasteiger partial charge in [0.1, 0.15) is 0 Å². The molecule has 2 rings (SSSR count). The Balaban J connectivity index is 1.72. The van der Waals surface area contributed by atoms with Crippen LogP contribution in [0.2, 0.25) is 0 Å². The highest BCUT2D eigenvalue weighted by molar-refractivity contribution is 7.98. The predicted molar refractivity (Wildman–Crippen MR) is 82.1 cm³/mol. The van der Waals surface area contributed by atoms with E-state index >= 15 is 0 Å². The first-order chi connectivity index (χ1) is 9.31. The highest BCUT2D eigenvalue weighted by atomic mass is 32.2. The SMILES string of the molecule is O=C(NCCCCCCO)c1cc2c(s1)CCSC2. The third-order valence-corrected chi connectivity index (χ3v) is 5.47. The van der Waals surface area contributed by atoms with Crippen LogP contribution in [-0.4, -0.2) is 29.9 Å². The second kappa shape index (κ2) is 7.92. The Kier molecular flexibility index (Phi) is 6.20. The van der Waals surface area contributed by atoms with Gasteiger partial charge in [0, 0.05) is 23.8 Å². The Bertz CT molecular complexity index is 394. The van der Waals surface area contributed by atoms with E-state index in [2.05, 4.69) is 11.4 Å². The highest BCUT2D eigenvalue weighted by Gasteiger charge is 2.16. The van der Waals surface area contributed by atoms with Gasteiger partial charge in [0.25, 0.3) is 5.91 Å². The molecule has 5 heteroatoms. The highest BCUT2D eigenvalue weighted by Crippen LogP contribution is 2.31. The van der Waals surface area contributed by atoms with E-state index < -0.39 is 0 Å². The van der Waals surface area contributed by atoms with Crippen LogP contribution in [0.5, 0.6) is 0 Å². The number of thiophene rings is 1. The number of aryl methyl sites for hydroxylation is 1. The summed E-state index contributed by atoms with van der Waals surface area (Å²) < 4.78 is 0. The molecule has 2 N–H and O–H groups in total. The molecule has 0 unspecified atom stereocenters. The first-order valence-corrected chi connectivity index (χ1v) is 8.87. The predicted octanol–water partition coefficient (Wildman–Crippen LogP) is 2.82. The summed E-state index contributed by atoms with van der Waals surface area (Å²) in [6.45, 7) is 1.01. The maximum atomic E-state index is 12.0. The van der Waals surface area contributed by atoms with Crippen LogP contribution in [0.1, 0.15) is 45.8 Å². The number of aliphatic hydroxyl groups is 1. The van der Waals surface area contributed by atoms with E-state index in [0.717, 1.165) is 49.3 Å². The summed E-state index contributed by atoms with van der Waals surface area (Å²) in [5.41, 5.74) is 1.36. The maximum Gasteiger partial charge on any atom is 0.261 e. The number of thioether (sulfide) groups is 1. The van der Waals surface area contributed by atoms with Crippen molar-refractivity contribution in [2.45, 2.75) is 37.9 Å². The number of aliphatic hydroxyl groups excluding tert-OH is 1. The van der Waals surface area contributed by atoms with Gasteiger partial charge >= 0.3 is 0 Å². The molecule has 0 bridgehead atoms. The second-order valence-electron chi connectivity index (χ2n) is 4.76. The van der Waals surface area contributed by atoms with E-state index in [1.165, 1.54) is 16.2 Å². The van der Waals surface area contributed by atoms with Crippen molar-refractivity contribution in [3.8, 4) is 0 Å². The average molecular weight is 299 g/mol. The fourth-order valence-corrected chi connectivity index (χ4v) is 4.43. The van der Waals surface area contributed by atoms with Crippen molar-refractivity contribution < 1.29 is 9.90 Å². The monoisotopic (exact) mass is 299 g/mol. The zero-order valence-corrected chi connectivity index (χ0v) is 12.7. The van der Waals surface area contributed by atoms with Gasteiger partial charge in [-0.15, -0.1) is 11.3 Å². The van der Waals surface area contributed by atoms with Crippen molar-refractivity contribution >= 4 is 29.0 Å². The number of fused-ring (bicyclic) bond motifs is 1. The van der Waals surface area contributed by atoms with Gasteiger partial charge in [-0.3, -0.25) is 4.79 Å². The Hall–Kier alpha value is -0.520. The van der Waals surface area contributed by atoms with Crippen LogP contribution < -0.4 is 5.32 Å². The number of unbranched alkanes of at least 4 members (excludes halogenated alkanes) is 3. The molecule has 2 heterocycles. The molecule has 0 radical (unpaired) electrons. The van der Waals surface area contributed by atoms with Gasteiger partial charge in [0.2, 0.25) is 0 Å². The fourth-order valence-electron chi connectivity index (χ4n) is 2.14. The minimum absolute atomic E-state index is 0.0755. The van der Waals surface area contributed by atoms with E-state index in [9.17, 15) is 4.79 Å². The normalized spacial score (nSPS) is 14.2. The molecule has 0 aromatic carbocycles. The molecule has 1 aromatic heterocycles. The van der Waals surface area contributed by atoms with Gasteiger partial charge < -0.3 is 10.4 Å². The minimum Gasteiger partial charge on any atom is -0.396 e. The minimum atomic E-state index is 0.0755. The molecule has 0 atom stereocenters. The molecule has 1 amide bonds. The number of hydrogen-bond donors (Lipinski definition) is 2. The number of nitrogens with one attached hydrogen (secondary N) is 1. The number of carbonyl (C=O) groups excluding carboxylic acids is 1. The summed E-state index contributed by atoms with van der Waals surface area (Å²) in [6, 6.07) is 2.06. The topological polar surface area (TPSA) is 49.3 Å².